The van der Waals surface area contributed by atoms with Crippen LogP contribution in [0.4, 0.5) is 0 Å². The van der Waals surface area contributed by atoms with Gasteiger partial charge in [-0.05, 0) is 37.6 Å². The van der Waals surface area contributed by atoms with Crippen LogP contribution in [0.1, 0.15) is 27.3 Å². The highest BCUT2D eigenvalue weighted by molar-refractivity contribution is 5.95. The van der Waals surface area contributed by atoms with Gasteiger partial charge in [0.05, 0.1) is 18.1 Å². The number of para-hydroxylation sites is 2. The molecule has 140 valence electrons. The minimum Gasteiger partial charge on any atom is -0.468 e. The fourth-order valence-corrected chi connectivity index (χ4v) is 3.14. The third-order valence-electron chi connectivity index (χ3n) is 4.51. The van der Waals surface area contributed by atoms with Gasteiger partial charge in [-0.1, -0.05) is 29.8 Å². The number of aromatic nitrogens is 2. The molecule has 0 aliphatic rings. The average Bonchev–Trinajstić information content (AvgIpc) is 2.99. The van der Waals surface area contributed by atoms with E-state index in [1.54, 1.807) is 0 Å². The summed E-state index contributed by atoms with van der Waals surface area (Å²) in [5, 5.41) is 2.94. The molecule has 3 aromatic rings. The first-order valence-corrected chi connectivity index (χ1v) is 8.86. The number of carbonyl (C=O) groups excluding carboxylic acids is 2. The van der Waals surface area contributed by atoms with E-state index < -0.39 is 0 Å². The second kappa shape index (κ2) is 8.03. The zero-order valence-electron chi connectivity index (χ0n) is 15.8. The Labute approximate surface area is 158 Å². The molecule has 0 aliphatic heterocycles. The normalized spacial score (nSPS) is 10.8. The fraction of sp³-hybridized carbons (Fsp3) is 0.286. The standard InChI is InChI=1S/C21H23N3O3/c1-14-8-9-16(15(2)12-14)21(26)22-11-10-19-23-17-6-4-5-7-18(17)24(19)13-20(25)27-3/h4-9,12H,10-11,13H2,1-3H3,(H,22,26). The van der Waals surface area contributed by atoms with Gasteiger partial charge in [0.1, 0.15) is 12.4 Å². The van der Waals surface area contributed by atoms with Gasteiger partial charge in [0.25, 0.3) is 5.91 Å². The molecule has 2 aromatic carbocycles. The molecular weight excluding hydrogens is 342 g/mol. The molecule has 0 atom stereocenters. The van der Waals surface area contributed by atoms with Gasteiger partial charge < -0.3 is 14.6 Å². The number of carbonyl (C=O) groups is 2. The maximum Gasteiger partial charge on any atom is 0.325 e. The van der Waals surface area contributed by atoms with E-state index in [9.17, 15) is 9.59 Å². The molecule has 0 saturated carbocycles. The number of esters is 1. The van der Waals surface area contributed by atoms with Crippen molar-refractivity contribution in [2.75, 3.05) is 13.7 Å². The Balaban J connectivity index is 1.73. The van der Waals surface area contributed by atoms with E-state index in [1.165, 1.54) is 7.11 Å². The second-order valence-electron chi connectivity index (χ2n) is 6.50. The summed E-state index contributed by atoms with van der Waals surface area (Å²) in [6.45, 7) is 4.45. The third-order valence-corrected chi connectivity index (χ3v) is 4.51. The summed E-state index contributed by atoms with van der Waals surface area (Å²) >= 11 is 0. The predicted molar refractivity (Wildman–Crippen MR) is 104 cm³/mol. The number of fused-ring (bicyclic) bond motifs is 1. The van der Waals surface area contributed by atoms with Gasteiger partial charge in [-0.3, -0.25) is 9.59 Å². The highest BCUT2D eigenvalue weighted by Crippen LogP contribution is 2.17. The quantitative estimate of drug-likeness (QED) is 0.682. The van der Waals surface area contributed by atoms with Crippen LogP contribution in [0.25, 0.3) is 11.0 Å². The maximum atomic E-state index is 12.4. The zero-order valence-corrected chi connectivity index (χ0v) is 15.8. The van der Waals surface area contributed by atoms with Gasteiger partial charge >= 0.3 is 5.97 Å². The van der Waals surface area contributed by atoms with Gasteiger partial charge in [-0.25, -0.2) is 4.98 Å². The molecule has 6 nitrogen and oxygen atoms in total. The van der Waals surface area contributed by atoms with Crippen LogP contribution in [0.3, 0.4) is 0 Å². The molecule has 1 aromatic heterocycles. The van der Waals surface area contributed by atoms with Gasteiger partial charge in [-0.15, -0.1) is 0 Å². The molecule has 3 rings (SSSR count). The summed E-state index contributed by atoms with van der Waals surface area (Å²) in [5.41, 5.74) is 4.44. The highest BCUT2D eigenvalue weighted by Gasteiger charge is 2.14. The second-order valence-corrected chi connectivity index (χ2v) is 6.50. The Hall–Kier alpha value is -3.15. The van der Waals surface area contributed by atoms with Crippen molar-refractivity contribution in [2.24, 2.45) is 0 Å². The van der Waals surface area contributed by atoms with Crippen LogP contribution in [0.2, 0.25) is 0 Å². The third kappa shape index (κ3) is 4.16. The van der Waals surface area contributed by atoms with Crippen molar-refractivity contribution in [2.45, 2.75) is 26.8 Å². The molecule has 6 heteroatoms. The maximum absolute atomic E-state index is 12.4. The number of nitrogens with zero attached hydrogens (tertiary/aromatic N) is 2. The van der Waals surface area contributed by atoms with Crippen LogP contribution in [0, 0.1) is 13.8 Å². The summed E-state index contributed by atoms with van der Waals surface area (Å²) < 4.78 is 6.63. The molecule has 0 fully saturated rings. The summed E-state index contributed by atoms with van der Waals surface area (Å²) in [4.78, 5) is 28.8. The Morgan fingerprint density at radius 2 is 1.93 bits per heavy atom. The minimum atomic E-state index is -0.335. The molecule has 0 radical (unpaired) electrons. The lowest BCUT2D eigenvalue weighted by Crippen LogP contribution is -2.27. The molecule has 1 heterocycles. The van der Waals surface area contributed by atoms with Gasteiger partial charge in [0.15, 0.2) is 0 Å². The number of nitrogens with one attached hydrogen (secondary N) is 1. The number of amides is 1. The molecular formula is C21H23N3O3. The lowest BCUT2D eigenvalue weighted by atomic mass is 10.1. The minimum absolute atomic E-state index is 0.0946. The van der Waals surface area contributed by atoms with E-state index >= 15 is 0 Å². The summed E-state index contributed by atoms with van der Waals surface area (Å²) in [6.07, 6.45) is 0.516. The van der Waals surface area contributed by atoms with Crippen molar-refractivity contribution in [1.29, 1.82) is 0 Å². The van der Waals surface area contributed by atoms with Crippen LogP contribution in [0.15, 0.2) is 42.5 Å². The lowest BCUT2D eigenvalue weighted by Gasteiger charge is -2.10. The largest absolute Gasteiger partial charge is 0.468 e. The molecule has 27 heavy (non-hydrogen) atoms. The van der Waals surface area contributed by atoms with Crippen LogP contribution >= 0.6 is 0 Å². The zero-order chi connectivity index (χ0) is 19.4. The molecule has 0 bridgehead atoms. The topological polar surface area (TPSA) is 73.2 Å². The summed E-state index contributed by atoms with van der Waals surface area (Å²) in [7, 11) is 1.37. The van der Waals surface area contributed by atoms with E-state index in [0.29, 0.717) is 18.5 Å². The van der Waals surface area contributed by atoms with Gasteiger partial charge in [-0.2, -0.15) is 0 Å². The molecule has 0 spiro atoms. The number of ether oxygens (including phenoxy) is 1. The highest BCUT2D eigenvalue weighted by atomic mass is 16.5. The summed E-state index contributed by atoms with van der Waals surface area (Å²) in [5.74, 6) is 0.296. The number of benzene rings is 2. The Bertz CT molecular complexity index is 992. The number of aryl methyl sites for hydroxylation is 2. The van der Waals surface area contributed by atoms with Crippen LogP contribution < -0.4 is 5.32 Å². The number of rotatable bonds is 6. The van der Waals surface area contributed by atoms with E-state index in [2.05, 4.69) is 10.3 Å². The van der Waals surface area contributed by atoms with Crippen molar-refractivity contribution in [3.63, 3.8) is 0 Å². The monoisotopic (exact) mass is 365 g/mol. The first-order chi connectivity index (χ1) is 13.0. The number of hydrogen-bond donors (Lipinski definition) is 1. The van der Waals surface area contributed by atoms with E-state index in [1.807, 2.05) is 60.9 Å². The lowest BCUT2D eigenvalue weighted by molar-refractivity contribution is -0.141. The molecule has 0 saturated heterocycles. The van der Waals surface area contributed by atoms with Crippen molar-refractivity contribution in [3.8, 4) is 0 Å². The molecule has 0 unspecified atom stereocenters. The fourth-order valence-electron chi connectivity index (χ4n) is 3.14. The molecule has 0 aliphatic carbocycles. The van der Waals surface area contributed by atoms with E-state index in [0.717, 1.165) is 28.0 Å². The van der Waals surface area contributed by atoms with Crippen molar-refractivity contribution >= 4 is 22.9 Å². The summed E-state index contributed by atoms with van der Waals surface area (Å²) in [6, 6.07) is 13.4. The van der Waals surface area contributed by atoms with Gasteiger partial charge in [0.2, 0.25) is 0 Å². The van der Waals surface area contributed by atoms with Crippen molar-refractivity contribution in [3.05, 3.63) is 65.0 Å². The Kier molecular flexibility index (Phi) is 5.54. The van der Waals surface area contributed by atoms with Crippen LogP contribution in [0.5, 0.6) is 0 Å². The van der Waals surface area contributed by atoms with E-state index in [4.69, 9.17) is 4.74 Å². The first kappa shape index (κ1) is 18.6. The number of hydrogen-bond acceptors (Lipinski definition) is 4. The Morgan fingerprint density at radius 1 is 1.15 bits per heavy atom. The molecule has 1 amide bonds. The van der Waals surface area contributed by atoms with Gasteiger partial charge in [0, 0.05) is 18.5 Å². The van der Waals surface area contributed by atoms with Crippen molar-refractivity contribution in [1.82, 2.24) is 14.9 Å². The molecule has 1 N–H and O–H groups in total. The predicted octanol–water partition coefficient (Wildman–Crippen LogP) is 2.80. The van der Waals surface area contributed by atoms with Crippen LogP contribution in [-0.4, -0.2) is 35.1 Å². The number of imidazole rings is 1. The first-order valence-electron chi connectivity index (χ1n) is 8.86. The smallest absolute Gasteiger partial charge is 0.325 e. The van der Waals surface area contributed by atoms with Crippen LogP contribution in [-0.2, 0) is 22.5 Å². The average molecular weight is 365 g/mol. The van der Waals surface area contributed by atoms with Crippen molar-refractivity contribution < 1.29 is 14.3 Å². The number of methoxy groups -OCH3 is 1. The Morgan fingerprint density at radius 3 is 2.67 bits per heavy atom. The SMILES string of the molecule is COC(=O)Cn1c(CCNC(=O)c2ccc(C)cc2C)nc2ccccc21. The van der Waals surface area contributed by atoms with E-state index in [-0.39, 0.29) is 18.4 Å².